The van der Waals surface area contributed by atoms with Crippen LogP contribution in [0.15, 0.2) is 58.8 Å². The number of unbranched alkanes of at least 4 members (excludes halogenated alkanes) is 2. The summed E-state index contributed by atoms with van der Waals surface area (Å²) in [4.78, 5) is 25.9. The van der Waals surface area contributed by atoms with Crippen LogP contribution in [0.4, 0.5) is 17.1 Å². The molecule has 2 N–H and O–H groups in total. The molecule has 0 aromatic heterocycles. The summed E-state index contributed by atoms with van der Waals surface area (Å²) in [5.41, 5.74) is 3.08. The summed E-state index contributed by atoms with van der Waals surface area (Å²) >= 11 is 0. The number of esters is 1. The molecular formula is C25H34N4O4. The van der Waals surface area contributed by atoms with Crippen LogP contribution in [-0.2, 0) is 9.53 Å². The van der Waals surface area contributed by atoms with Crippen LogP contribution in [-0.4, -0.2) is 50.3 Å². The van der Waals surface area contributed by atoms with E-state index in [1.165, 1.54) is 0 Å². The molecule has 8 heteroatoms. The molecule has 0 heterocycles. The van der Waals surface area contributed by atoms with E-state index in [9.17, 15) is 14.7 Å². The van der Waals surface area contributed by atoms with Crippen LogP contribution >= 0.6 is 0 Å². The zero-order chi connectivity index (χ0) is 24.1. The first-order valence-corrected chi connectivity index (χ1v) is 11.3. The molecule has 0 saturated heterocycles. The third-order valence-corrected chi connectivity index (χ3v) is 5.03. The van der Waals surface area contributed by atoms with Gasteiger partial charge >= 0.3 is 5.97 Å². The molecule has 0 saturated carbocycles. The molecule has 2 aromatic rings. The van der Waals surface area contributed by atoms with Crippen LogP contribution in [0.3, 0.4) is 0 Å². The van der Waals surface area contributed by atoms with Crippen molar-refractivity contribution in [2.45, 2.75) is 45.1 Å². The second-order valence-electron chi connectivity index (χ2n) is 7.97. The van der Waals surface area contributed by atoms with Gasteiger partial charge in [-0.25, -0.2) is 0 Å². The molecule has 178 valence electrons. The summed E-state index contributed by atoms with van der Waals surface area (Å²) in [6.45, 7) is 2.42. The Bertz CT molecular complexity index is 896. The first-order chi connectivity index (χ1) is 15.9. The monoisotopic (exact) mass is 454 g/mol. The lowest BCUT2D eigenvalue weighted by atomic mass is 10.1. The Labute approximate surface area is 195 Å². The molecule has 0 spiro atoms. The predicted molar refractivity (Wildman–Crippen MR) is 129 cm³/mol. The Hall–Kier alpha value is -3.26. The fourth-order valence-corrected chi connectivity index (χ4v) is 2.87. The van der Waals surface area contributed by atoms with Crippen molar-refractivity contribution in [3.8, 4) is 0 Å². The lowest BCUT2D eigenvalue weighted by Gasteiger charge is -2.11. The van der Waals surface area contributed by atoms with Gasteiger partial charge in [-0.15, -0.1) is 0 Å². The highest BCUT2D eigenvalue weighted by Crippen LogP contribution is 2.21. The minimum absolute atomic E-state index is 0.0510. The lowest BCUT2D eigenvalue weighted by Crippen LogP contribution is -2.24. The molecule has 2 aromatic carbocycles. The highest BCUT2D eigenvalue weighted by Gasteiger charge is 2.08. The number of ether oxygens (including phenoxy) is 1. The van der Waals surface area contributed by atoms with E-state index in [4.69, 9.17) is 4.74 Å². The molecule has 0 radical (unpaired) electrons. The van der Waals surface area contributed by atoms with Crippen molar-refractivity contribution in [1.29, 1.82) is 0 Å². The van der Waals surface area contributed by atoms with Crippen LogP contribution in [0, 0.1) is 0 Å². The lowest BCUT2D eigenvalue weighted by molar-refractivity contribution is -0.146. The van der Waals surface area contributed by atoms with Crippen LogP contribution in [0.2, 0.25) is 0 Å². The van der Waals surface area contributed by atoms with Gasteiger partial charge in [0.15, 0.2) is 0 Å². The van der Waals surface area contributed by atoms with Crippen molar-refractivity contribution in [2.75, 3.05) is 32.1 Å². The van der Waals surface area contributed by atoms with E-state index in [2.05, 4.69) is 15.5 Å². The fourth-order valence-electron chi connectivity index (χ4n) is 2.87. The summed E-state index contributed by atoms with van der Waals surface area (Å²) < 4.78 is 4.99. The molecule has 0 aliphatic rings. The van der Waals surface area contributed by atoms with E-state index in [-0.39, 0.29) is 18.5 Å². The van der Waals surface area contributed by atoms with Crippen LogP contribution in [0.25, 0.3) is 0 Å². The van der Waals surface area contributed by atoms with Crippen molar-refractivity contribution >= 4 is 28.9 Å². The molecule has 0 bridgehead atoms. The number of aliphatic hydroxyl groups excluding tert-OH is 1. The second-order valence-corrected chi connectivity index (χ2v) is 7.97. The number of nitrogens with one attached hydrogen (secondary N) is 1. The van der Waals surface area contributed by atoms with Gasteiger partial charge in [0.05, 0.1) is 17.5 Å². The van der Waals surface area contributed by atoms with E-state index in [0.29, 0.717) is 37.1 Å². The Kier molecular flexibility index (Phi) is 11.0. The van der Waals surface area contributed by atoms with Gasteiger partial charge in [0.1, 0.15) is 6.61 Å². The van der Waals surface area contributed by atoms with Crippen molar-refractivity contribution in [1.82, 2.24) is 5.32 Å². The van der Waals surface area contributed by atoms with Gasteiger partial charge < -0.3 is 20.1 Å². The molecule has 1 atom stereocenters. The van der Waals surface area contributed by atoms with E-state index in [1.54, 1.807) is 24.3 Å². The average Bonchev–Trinajstić information content (AvgIpc) is 2.83. The van der Waals surface area contributed by atoms with Crippen LogP contribution < -0.4 is 10.2 Å². The van der Waals surface area contributed by atoms with E-state index in [0.717, 1.165) is 24.2 Å². The maximum absolute atomic E-state index is 12.3. The number of anilines is 1. The maximum Gasteiger partial charge on any atom is 0.305 e. The van der Waals surface area contributed by atoms with Gasteiger partial charge in [0.2, 0.25) is 0 Å². The third-order valence-electron chi connectivity index (χ3n) is 5.03. The Morgan fingerprint density at radius 1 is 0.970 bits per heavy atom. The number of rotatable bonds is 13. The average molecular weight is 455 g/mol. The SMILES string of the molecule is CCC(O)COC(=O)CCCCCNC(=O)c1ccc(/N=N/c2ccc(N(C)C)cc2)cc1. The fraction of sp³-hybridized carbons (Fsp3) is 0.440. The zero-order valence-electron chi connectivity index (χ0n) is 19.7. The van der Waals surface area contributed by atoms with E-state index >= 15 is 0 Å². The number of azo groups is 1. The number of aliphatic hydroxyl groups is 1. The number of carbonyl (C=O) groups excluding carboxylic acids is 2. The minimum atomic E-state index is -0.596. The second kappa shape index (κ2) is 14.0. The number of benzene rings is 2. The van der Waals surface area contributed by atoms with E-state index in [1.807, 2.05) is 50.2 Å². The Morgan fingerprint density at radius 3 is 2.15 bits per heavy atom. The number of hydrogen-bond acceptors (Lipinski definition) is 7. The van der Waals surface area contributed by atoms with Crippen molar-refractivity contribution in [2.24, 2.45) is 10.2 Å². The Balaban J connectivity index is 1.66. The number of amides is 1. The predicted octanol–water partition coefficient (Wildman–Crippen LogP) is 4.77. The topological polar surface area (TPSA) is 104 Å². The van der Waals surface area contributed by atoms with Crippen LogP contribution in [0.5, 0.6) is 0 Å². The third kappa shape index (κ3) is 9.82. The van der Waals surface area contributed by atoms with Crippen molar-refractivity contribution < 1.29 is 19.4 Å². The van der Waals surface area contributed by atoms with Gasteiger partial charge in [-0.3, -0.25) is 9.59 Å². The largest absolute Gasteiger partial charge is 0.463 e. The van der Waals surface area contributed by atoms with Crippen LogP contribution in [0.1, 0.15) is 49.4 Å². The molecule has 0 fully saturated rings. The first kappa shape index (κ1) is 26.0. The smallest absolute Gasteiger partial charge is 0.305 e. The van der Waals surface area contributed by atoms with Gasteiger partial charge in [0.25, 0.3) is 5.91 Å². The molecule has 1 amide bonds. The highest BCUT2D eigenvalue weighted by atomic mass is 16.5. The molecule has 33 heavy (non-hydrogen) atoms. The van der Waals surface area contributed by atoms with Crippen molar-refractivity contribution in [3.63, 3.8) is 0 Å². The molecule has 0 aliphatic carbocycles. The maximum atomic E-state index is 12.3. The normalized spacial score (nSPS) is 11.9. The number of hydrogen-bond donors (Lipinski definition) is 2. The summed E-state index contributed by atoms with van der Waals surface area (Å²) in [6.07, 6.45) is 2.55. The minimum Gasteiger partial charge on any atom is -0.463 e. The summed E-state index contributed by atoms with van der Waals surface area (Å²) in [6, 6.07) is 14.7. The highest BCUT2D eigenvalue weighted by molar-refractivity contribution is 5.94. The van der Waals surface area contributed by atoms with E-state index < -0.39 is 6.10 Å². The molecule has 0 aliphatic heterocycles. The molecule has 1 unspecified atom stereocenters. The van der Waals surface area contributed by atoms with Gasteiger partial charge in [-0.2, -0.15) is 10.2 Å². The van der Waals surface area contributed by atoms with Crippen molar-refractivity contribution in [3.05, 3.63) is 54.1 Å². The summed E-state index contributed by atoms with van der Waals surface area (Å²) in [5, 5.41) is 20.7. The standard InChI is InChI=1S/C25H34N4O4/c1-4-23(30)18-33-24(31)8-6-5-7-17-26-25(32)19-9-11-20(12-10-19)27-28-21-13-15-22(16-14-21)29(2)3/h9-16,23,30H,4-8,17-18H2,1-3H3,(H,26,32)/b28-27+. The number of carbonyl (C=O) groups is 2. The van der Waals surface area contributed by atoms with Gasteiger partial charge in [-0.1, -0.05) is 13.3 Å². The Morgan fingerprint density at radius 2 is 1.58 bits per heavy atom. The molecular weight excluding hydrogens is 420 g/mol. The number of nitrogens with zero attached hydrogens (tertiary/aromatic N) is 3. The molecule has 8 nitrogen and oxygen atoms in total. The zero-order valence-corrected chi connectivity index (χ0v) is 19.7. The molecule has 2 rings (SSSR count). The quantitative estimate of drug-likeness (QED) is 0.258. The summed E-state index contributed by atoms with van der Waals surface area (Å²) in [5.74, 6) is -0.444. The first-order valence-electron chi connectivity index (χ1n) is 11.3. The summed E-state index contributed by atoms with van der Waals surface area (Å²) in [7, 11) is 3.96. The van der Waals surface area contributed by atoms with Gasteiger partial charge in [0, 0.05) is 38.3 Å². The van der Waals surface area contributed by atoms with Gasteiger partial charge in [-0.05, 0) is 67.8 Å².